The average molecular weight is 310 g/mol. The Balaban J connectivity index is 2.45. The molecular formula is C10H22N4O5S. The summed E-state index contributed by atoms with van der Waals surface area (Å²) in [6.45, 7) is 3.47. The van der Waals surface area contributed by atoms with Gasteiger partial charge in [-0.1, -0.05) is 0 Å². The highest BCUT2D eigenvalue weighted by molar-refractivity contribution is 7.86. The second-order valence-corrected chi connectivity index (χ2v) is 6.18. The first-order valence-electron chi connectivity index (χ1n) is 6.37. The number of carboxylic acids is 1. The fourth-order valence-electron chi connectivity index (χ4n) is 1.85. The quantitative estimate of drug-likeness (QED) is 0.455. The van der Waals surface area contributed by atoms with E-state index >= 15 is 0 Å². The van der Waals surface area contributed by atoms with Gasteiger partial charge in [-0.25, -0.2) is 5.14 Å². The molecule has 1 rings (SSSR count). The van der Waals surface area contributed by atoms with Crippen LogP contribution in [0.3, 0.4) is 0 Å². The van der Waals surface area contributed by atoms with Gasteiger partial charge in [-0.05, 0) is 6.42 Å². The van der Waals surface area contributed by atoms with Crippen LogP contribution in [0.1, 0.15) is 6.42 Å². The zero-order valence-corrected chi connectivity index (χ0v) is 12.1. The van der Waals surface area contributed by atoms with Crippen molar-refractivity contribution in [2.45, 2.75) is 12.5 Å². The Kier molecular flexibility index (Phi) is 6.79. The molecule has 0 aliphatic carbocycles. The van der Waals surface area contributed by atoms with Crippen LogP contribution in [0, 0.1) is 0 Å². The van der Waals surface area contributed by atoms with E-state index in [0.717, 1.165) is 17.4 Å². The molecule has 0 aromatic carbocycles. The minimum atomic E-state index is -3.86. The largest absolute Gasteiger partial charge is 0.480 e. The first-order chi connectivity index (χ1) is 9.30. The van der Waals surface area contributed by atoms with Gasteiger partial charge in [0.05, 0.1) is 13.2 Å². The monoisotopic (exact) mass is 310 g/mol. The molecule has 5 N–H and O–H groups in total. The molecule has 0 spiro atoms. The molecule has 1 unspecified atom stereocenters. The number of aliphatic carboxylic acids is 1. The van der Waals surface area contributed by atoms with Gasteiger partial charge in [0.25, 0.3) is 10.2 Å². The predicted molar refractivity (Wildman–Crippen MR) is 72.2 cm³/mol. The standard InChI is InChI=1S/C10H22N4O5S/c11-9(10(15)16)1-2-14(20(12,17)18)4-3-13-5-7-19-8-6-13/h9H,1-8,11H2,(H,15,16)(H2,12,17,18). The van der Waals surface area contributed by atoms with Crippen LogP contribution in [0.5, 0.6) is 0 Å². The smallest absolute Gasteiger partial charge is 0.320 e. The van der Waals surface area contributed by atoms with E-state index in [1.807, 2.05) is 0 Å². The van der Waals surface area contributed by atoms with E-state index in [9.17, 15) is 13.2 Å². The molecule has 1 aliphatic heterocycles. The topological polar surface area (TPSA) is 139 Å². The van der Waals surface area contributed by atoms with Crippen LogP contribution in [-0.4, -0.2) is 80.7 Å². The Hall–Kier alpha value is -0.780. The van der Waals surface area contributed by atoms with Crippen LogP contribution in [0.4, 0.5) is 0 Å². The van der Waals surface area contributed by atoms with E-state index in [0.29, 0.717) is 19.8 Å². The Bertz CT molecular complexity index is 410. The molecule has 10 heteroatoms. The van der Waals surface area contributed by atoms with Crippen molar-refractivity contribution in [2.75, 3.05) is 45.9 Å². The predicted octanol–water partition coefficient (Wildman–Crippen LogP) is -2.37. The Morgan fingerprint density at radius 1 is 1.35 bits per heavy atom. The van der Waals surface area contributed by atoms with Gasteiger partial charge in [-0.3, -0.25) is 9.69 Å². The maximum atomic E-state index is 11.5. The number of ether oxygens (including phenoxy) is 1. The van der Waals surface area contributed by atoms with Gasteiger partial charge < -0.3 is 15.6 Å². The first-order valence-corrected chi connectivity index (χ1v) is 7.87. The Morgan fingerprint density at radius 3 is 2.45 bits per heavy atom. The molecule has 1 saturated heterocycles. The van der Waals surface area contributed by atoms with Crippen molar-refractivity contribution in [3.8, 4) is 0 Å². The third kappa shape index (κ3) is 6.11. The summed E-state index contributed by atoms with van der Waals surface area (Å²) in [7, 11) is -3.86. The van der Waals surface area contributed by atoms with Crippen molar-refractivity contribution < 1.29 is 23.1 Å². The van der Waals surface area contributed by atoms with Crippen LogP contribution in [0.15, 0.2) is 0 Å². The molecule has 0 radical (unpaired) electrons. The van der Waals surface area contributed by atoms with Crippen LogP contribution < -0.4 is 10.9 Å². The maximum absolute atomic E-state index is 11.5. The molecule has 118 valence electrons. The molecule has 1 aliphatic rings. The molecule has 0 bridgehead atoms. The zero-order chi connectivity index (χ0) is 15.2. The number of morpholine rings is 1. The summed E-state index contributed by atoms with van der Waals surface area (Å²) in [6, 6.07) is -1.09. The number of hydrogen-bond acceptors (Lipinski definition) is 6. The summed E-state index contributed by atoms with van der Waals surface area (Å²) in [4.78, 5) is 12.7. The minimum Gasteiger partial charge on any atom is -0.480 e. The Labute approximate surface area is 118 Å². The van der Waals surface area contributed by atoms with Gasteiger partial charge >= 0.3 is 5.97 Å². The molecule has 1 heterocycles. The molecule has 0 amide bonds. The highest BCUT2D eigenvalue weighted by atomic mass is 32.2. The summed E-state index contributed by atoms with van der Waals surface area (Å²) in [5.41, 5.74) is 5.36. The third-order valence-electron chi connectivity index (χ3n) is 3.14. The fourth-order valence-corrected chi connectivity index (χ4v) is 2.55. The van der Waals surface area contributed by atoms with Crippen LogP contribution in [0.2, 0.25) is 0 Å². The van der Waals surface area contributed by atoms with Crippen molar-refractivity contribution in [3.05, 3.63) is 0 Å². The number of carboxylic acid groups (broad SMARTS) is 1. The van der Waals surface area contributed by atoms with Gasteiger partial charge in [0.1, 0.15) is 6.04 Å². The van der Waals surface area contributed by atoms with Crippen LogP contribution in [-0.2, 0) is 19.7 Å². The van der Waals surface area contributed by atoms with Gasteiger partial charge in [0.15, 0.2) is 0 Å². The summed E-state index contributed by atoms with van der Waals surface area (Å²) >= 11 is 0. The molecule has 1 atom stereocenters. The fraction of sp³-hybridized carbons (Fsp3) is 0.900. The number of carbonyl (C=O) groups is 1. The number of hydrogen-bond donors (Lipinski definition) is 3. The normalized spacial score (nSPS) is 19.1. The van der Waals surface area contributed by atoms with E-state index in [1.54, 1.807) is 0 Å². The van der Waals surface area contributed by atoms with Crippen molar-refractivity contribution in [1.82, 2.24) is 9.21 Å². The van der Waals surface area contributed by atoms with Gasteiger partial charge in [0.2, 0.25) is 0 Å². The zero-order valence-electron chi connectivity index (χ0n) is 11.3. The van der Waals surface area contributed by atoms with E-state index in [1.165, 1.54) is 0 Å². The molecule has 0 aromatic heterocycles. The summed E-state index contributed by atoms with van der Waals surface area (Å²) in [5.74, 6) is -1.16. The van der Waals surface area contributed by atoms with Gasteiger partial charge in [0, 0.05) is 32.7 Å². The molecule has 0 saturated carbocycles. The SMILES string of the molecule is NC(CCN(CCN1CCOCC1)S(N)(=O)=O)C(=O)O. The van der Waals surface area contributed by atoms with Crippen molar-refractivity contribution >= 4 is 16.2 Å². The second-order valence-electron chi connectivity index (χ2n) is 4.63. The van der Waals surface area contributed by atoms with Crippen LogP contribution in [0.25, 0.3) is 0 Å². The minimum absolute atomic E-state index is 0.00333. The third-order valence-corrected chi connectivity index (χ3v) is 4.22. The molecule has 20 heavy (non-hydrogen) atoms. The maximum Gasteiger partial charge on any atom is 0.320 e. The second kappa shape index (κ2) is 7.86. The lowest BCUT2D eigenvalue weighted by Gasteiger charge is -2.29. The van der Waals surface area contributed by atoms with E-state index in [-0.39, 0.29) is 19.5 Å². The van der Waals surface area contributed by atoms with Crippen molar-refractivity contribution in [3.63, 3.8) is 0 Å². The summed E-state index contributed by atoms with van der Waals surface area (Å²) in [6.07, 6.45) is 0.0227. The van der Waals surface area contributed by atoms with Gasteiger partial charge in [-0.15, -0.1) is 0 Å². The van der Waals surface area contributed by atoms with Crippen LogP contribution >= 0.6 is 0 Å². The number of nitrogens with two attached hydrogens (primary N) is 2. The van der Waals surface area contributed by atoms with E-state index in [4.69, 9.17) is 20.7 Å². The highest BCUT2D eigenvalue weighted by Gasteiger charge is 2.21. The van der Waals surface area contributed by atoms with Gasteiger partial charge in [-0.2, -0.15) is 12.7 Å². The van der Waals surface area contributed by atoms with E-state index < -0.39 is 22.2 Å². The lowest BCUT2D eigenvalue weighted by Crippen LogP contribution is -2.46. The highest BCUT2D eigenvalue weighted by Crippen LogP contribution is 2.02. The number of nitrogens with zero attached hydrogens (tertiary/aromatic N) is 2. The van der Waals surface area contributed by atoms with E-state index in [2.05, 4.69) is 4.90 Å². The first kappa shape index (κ1) is 17.3. The summed E-state index contributed by atoms with van der Waals surface area (Å²) < 4.78 is 29.2. The summed E-state index contributed by atoms with van der Waals surface area (Å²) in [5, 5.41) is 13.8. The molecule has 9 nitrogen and oxygen atoms in total. The number of rotatable bonds is 8. The van der Waals surface area contributed by atoms with Crippen molar-refractivity contribution in [2.24, 2.45) is 10.9 Å². The molecule has 0 aromatic rings. The average Bonchev–Trinajstić information content (AvgIpc) is 2.37. The van der Waals surface area contributed by atoms with Crippen molar-refractivity contribution in [1.29, 1.82) is 0 Å². The lowest BCUT2D eigenvalue weighted by molar-refractivity contribution is -0.138. The molecule has 1 fully saturated rings. The lowest BCUT2D eigenvalue weighted by atomic mass is 10.2. The molecular weight excluding hydrogens is 288 g/mol. The Morgan fingerprint density at radius 2 is 1.95 bits per heavy atom.